The third kappa shape index (κ3) is 4.39. The Bertz CT molecular complexity index is 1260. The van der Waals surface area contributed by atoms with Crippen molar-refractivity contribution < 1.29 is 22.7 Å². The lowest BCUT2D eigenvalue weighted by atomic mass is 10.2. The molecule has 1 fully saturated rings. The number of sulfonamides is 1. The maximum Gasteiger partial charge on any atom is 0.246 e. The highest BCUT2D eigenvalue weighted by Crippen LogP contribution is 2.33. The first-order chi connectivity index (χ1) is 16.0. The quantitative estimate of drug-likeness (QED) is 0.533. The molecule has 12 heteroatoms. The minimum Gasteiger partial charge on any atom is -0.486 e. The monoisotopic (exact) mass is 470 g/mol. The number of carbonyl (C=O) groups is 1. The van der Waals surface area contributed by atoms with Crippen molar-refractivity contribution in [2.75, 3.05) is 39.4 Å². The van der Waals surface area contributed by atoms with E-state index in [0.29, 0.717) is 30.5 Å². The fraction of sp³-hybridized carbons (Fsp3) is 0.333. The topological polar surface area (TPSA) is 120 Å². The van der Waals surface area contributed by atoms with E-state index in [1.807, 2.05) is 30.3 Å². The van der Waals surface area contributed by atoms with Gasteiger partial charge in [-0.1, -0.05) is 30.3 Å². The number of benzene rings is 2. The molecule has 0 atom stereocenters. The number of carbonyl (C=O) groups excluding carboxylic acids is 1. The fourth-order valence-corrected chi connectivity index (χ4v) is 5.18. The first kappa shape index (κ1) is 21.3. The number of rotatable bonds is 5. The zero-order chi connectivity index (χ0) is 22.8. The highest BCUT2D eigenvalue weighted by Gasteiger charge is 2.31. The van der Waals surface area contributed by atoms with Crippen LogP contribution in [0, 0.1) is 0 Å². The molecule has 1 amide bonds. The largest absolute Gasteiger partial charge is 0.486 e. The molecular weight excluding hydrogens is 448 g/mol. The molecule has 5 rings (SSSR count). The zero-order valence-corrected chi connectivity index (χ0v) is 18.5. The summed E-state index contributed by atoms with van der Waals surface area (Å²) in [6, 6.07) is 14.0. The van der Waals surface area contributed by atoms with Gasteiger partial charge < -0.3 is 14.4 Å². The van der Waals surface area contributed by atoms with Crippen molar-refractivity contribution in [3.63, 3.8) is 0 Å². The summed E-state index contributed by atoms with van der Waals surface area (Å²) in [5, 5.41) is 12.2. The molecule has 3 aromatic rings. The molecule has 0 bridgehead atoms. The molecule has 3 heterocycles. The highest BCUT2D eigenvalue weighted by molar-refractivity contribution is 7.89. The van der Waals surface area contributed by atoms with Gasteiger partial charge in [-0.05, 0) is 17.3 Å². The van der Waals surface area contributed by atoms with Crippen LogP contribution in [0.3, 0.4) is 0 Å². The molecule has 0 aliphatic carbocycles. The number of piperazine rings is 1. The average molecular weight is 471 g/mol. The average Bonchev–Trinajstić information content (AvgIpc) is 3.33. The van der Waals surface area contributed by atoms with Gasteiger partial charge in [0.1, 0.15) is 19.8 Å². The number of nitrogens with zero attached hydrogens (tertiary/aromatic N) is 6. The Balaban J connectivity index is 1.20. The summed E-state index contributed by atoms with van der Waals surface area (Å²) in [5.41, 5.74) is 0.814. The van der Waals surface area contributed by atoms with E-state index in [1.54, 1.807) is 11.0 Å². The summed E-state index contributed by atoms with van der Waals surface area (Å²) >= 11 is 0. The number of tetrazole rings is 1. The second-order valence-corrected chi connectivity index (χ2v) is 9.54. The van der Waals surface area contributed by atoms with Crippen molar-refractivity contribution in [2.24, 2.45) is 0 Å². The smallest absolute Gasteiger partial charge is 0.246 e. The molecule has 2 aromatic carbocycles. The first-order valence-corrected chi connectivity index (χ1v) is 12.0. The van der Waals surface area contributed by atoms with Gasteiger partial charge in [-0.3, -0.25) is 4.79 Å². The molecule has 1 aromatic heterocycles. The van der Waals surface area contributed by atoms with Crippen LogP contribution < -0.4 is 9.47 Å². The minimum atomic E-state index is -3.71. The lowest BCUT2D eigenvalue weighted by Crippen LogP contribution is -2.51. The second-order valence-electron chi connectivity index (χ2n) is 7.60. The lowest BCUT2D eigenvalue weighted by Gasteiger charge is -2.34. The van der Waals surface area contributed by atoms with Crippen molar-refractivity contribution >= 4 is 15.9 Å². The van der Waals surface area contributed by atoms with E-state index in [0.717, 1.165) is 5.56 Å². The molecule has 11 nitrogen and oxygen atoms in total. The molecule has 0 radical (unpaired) electrons. The molecule has 2 aliphatic heterocycles. The molecule has 1 saturated heterocycles. The van der Waals surface area contributed by atoms with Gasteiger partial charge in [-0.2, -0.15) is 9.10 Å². The van der Waals surface area contributed by atoms with E-state index in [1.165, 1.54) is 21.2 Å². The van der Waals surface area contributed by atoms with E-state index >= 15 is 0 Å². The van der Waals surface area contributed by atoms with Crippen molar-refractivity contribution in [1.29, 1.82) is 0 Å². The van der Waals surface area contributed by atoms with Crippen LogP contribution in [-0.2, 0) is 21.4 Å². The Kier molecular flexibility index (Phi) is 5.68. The molecule has 0 spiro atoms. The summed E-state index contributed by atoms with van der Waals surface area (Å²) in [4.78, 5) is 15.7. The van der Waals surface area contributed by atoms with Crippen LogP contribution in [0.15, 0.2) is 53.4 Å². The SMILES string of the molecule is O=C(Cn1nnc(-c2ccccc2)n1)N1CCN(S(=O)(=O)c2ccc3c(c2)OCCO3)CC1. The van der Waals surface area contributed by atoms with Crippen molar-refractivity contribution in [2.45, 2.75) is 11.4 Å². The van der Waals surface area contributed by atoms with Gasteiger partial charge in [0, 0.05) is 37.8 Å². The lowest BCUT2D eigenvalue weighted by molar-refractivity contribution is -0.133. The summed E-state index contributed by atoms with van der Waals surface area (Å²) in [6.07, 6.45) is 0. The maximum atomic E-state index is 13.1. The predicted molar refractivity (Wildman–Crippen MR) is 116 cm³/mol. The predicted octanol–water partition coefficient (Wildman–Crippen LogP) is 0.644. The van der Waals surface area contributed by atoms with Crippen molar-refractivity contribution in [3.8, 4) is 22.9 Å². The number of fused-ring (bicyclic) bond motifs is 1. The summed E-state index contributed by atoms with van der Waals surface area (Å²) < 4.78 is 38.5. The molecule has 0 saturated carbocycles. The first-order valence-electron chi connectivity index (χ1n) is 10.5. The van der Waals surface area contributed by atoms with E-state index in [4.69, 9.17) is 9.47 Å². The van der Waals surface area contributed by atoms with E-state index in [-0.39, 0.29) is 43.5 Å². The van der Waals surface area contributed by atoms with Gasteiger partial charge in [0.2, 0.25) is 21.8 Å². The van der Waals surface area contributed by atoms with Gasteiger partial charge in [0.05, 0.1) is 4.90 Å². The van der Waals surface area contributed by atoms with Gasteiger partial charge in [0.15, 0.2) is 11.5 Å². The molecule has 2 aliphatic rings. The van der Waals surface area contributed by atoms with Crippen LogP contribution in [0.1, 0.15) is 0 Å². The Labute approximate surface area is 190 Å². The minimum absolute atomic E-state index is 0.0608. The van der Waals surface area contributed by atoms with Gasteiger partial charge in [0.25, 0.3) is 0 Å². The standard InChI is InChI=1S/C21H22N6O5S/c28-20(15-27-23-21(22-24-27)16-4-2-1-3-5-16)25-8-10-26(11-9-25)33(29,30)17-6-7-18-19(14-17)32-13-12-31-18/h1-7,14H,8-13,15H2. The second kappa shape index (κ2) is 8.79. The Morgan fingerprint density at radius 3 is 2.42 bits per heavy atom. The number of ether oxygens (including phenoxy) is 2. The molecular formula is C21H22N6O5S. The molecule has 0 unspecified atom stereocenters. The molecule has 33 heavy (non-hydrogen) atoms. The number of hydrogen-bond acceptors (Lipinski definition) is 8. The molecule has 0 N–H and O–H groups in total. The number of amides is 1. The summed E-state index contributed by atoms with van der Waals surface area (Å²) in [6.45, 7) is 1.71. The Morgan fingerprint density at radius 1 is 0.939 bits per heavy atom. The van der Waals surface area contributed by atoms with Crippen LogP contribution in [0.4, 0.5) is 0 Å². The highest BCUT2D eigenvalue weighted by atomic mass is 32.2. The third-order valence-electron chi connectivity index (χ3n) is 5.50. The van der Waals surface area contributed by atoms with Crippen LogP contribution in [0.2, 0.25) is 0 Å². The van der Waals surface area contributed by atoms with E-state index < -0.39 is 10.0 Å². The van der Waals surface area contributed by atoms with E-state index in [2.05, 4.69) is 15.4 Å². The van der Waals surface area contributed by atoms with Crippen molar-refractivity contribution in [3.05, 3.63) is 48.5 Å². The number of hydrogen-bond donors (Lipinski definition) is 0. The third-order valence-corrected chi connectivity index (χ3v) is 7.40. The van der Waals surface area contributed by atoms with Crippen LogP contribution >= 0.6 is 0 Å². The maximum absolute atomic E-state index is 13.1. The van der Waals surface area contributed by atoms with Gasteiger partial charge in [-0.15, -0.1) is 10.2 Å². The molecule has 172 valence electrons. The van der Waals surface area contributed by atoms with E-state index in [9.17, 15) is 13.2 Å². The Morgan fingerprint density at radius 2 is 1.67 bits per heavy atom. The van der Waals surface area contributed by atoms with Crippen LogP contribution in [-0.4, -0.2) is 83.1 Å². The number of aromatic nitrogens is 4. The summed E-state index contributed by atoms with van der Waals surface area (Å²) in [5.74, 6) is 1.21. The van der Waals surface area contributed by atoms with Crippen molar-refractivity contribution in [1.82, 2.24) is 29.4 Å². The van der Waals surface area contributed by atoms with Crippen LogP contribution in [0.25, 0.3) is 11.4 Å². The van der Waals surface area contributed by atoms with Gasteiger partial charge in [-0.25, -0.2) is 8.42 Å². The summed E-state index contributed by atoms with van der Waals surface area (Å²) in [7, 11) is -3.71. The van der Waals surface area contributed by atoms with Gasteiger partial charge >= 0.3 is 0 Å². The Hall–Kier alpha value is -3.51. The fourth-order valence-electron chi connectivity index (χ4n) is 3.75. The van der Waals surface area contributed by atoms with Crippen LogP contribution in [0.5, 0.6) is 11.5 Å². The zero-order valence-electron chi connectivity index (χ0n) is 17.7. The normalized spacial score (nSPS) is 16.5.